The molecule has 0 aromatic heterocycles. The predicted molar refractivity (Wildman–Crippen MR) is 214 cm³/mol. The summed E-state index contributed by atoms with van der Waals surface area (Å²) < 4.78 is 19.0. The van der Waals surface area contributed by atoms with Gasteiger partial charge in [0.05, 0.1) is 6.10 Å². The largest absolute Gasteiger partial charge is 0.508 e. The van der Waals surface area contributed by atoms with Gasteiger partial charge in [0, 0.05) is 69.3 Å². The number of ether oxygens (including phenoxy) is 3. The quantitative estimate of drug-likeness (QED) is 0.106. The Kier molecular flexibility index (Phi) is 9.46. The summed E-state index contributed by atoms with van der Waals surface area (Å²) in [6.07, 6.45) is -9.69. The highest BCUT2D eigenvalue weighted by Gasteiger charge is 2.49. The van der Waals surface area contributed by atoms with Gasteiger partial charge in [0.25, 0.3) is 0 Å². The molecule has 0 aliphatic carbocycles. The minimum atomic E-state index is -1.83. The summed E-state index contributed by atoms with van der Waals surface area (Å²) in [6.45, 7) is 0. The zero-order valence-electron chi connectivity index (χ0n) is 32.3. The first-order chi connectivity index (χ1) is 29.9. The highest BCUT2D eigenvalue weighted by atomic mass is 16.5. The van der Waals surface area contributed by atoms with Crippen LogP contribution in [0.3, 0.4) is 0 Å². The molecule has 326 valence electrons. The molecule has 6 aromatic rings. The number of benzene rings is 6. The summed E-state index contributed by atoms with van der Waals surface area (Å²) in [5, 5.41) is 164. The van der Waals surface area contributed by atoms with Crippen LogP contribution in [0, 0.1) is 0 Å². The van der Waals surface area contributed by atoms with Crippen LogP contribution in [0.25, 0.3) is 0 Å². The lowest BCUT2D eigenvalue weighted by molar-refractivity contribution is -0.00477. The van der Waals surface area contributed by atoms with E-state index in [9.17, 15) is 76.6 Å². The smallest absolute Gasteiger partial charge is 0.200 e. The molecule has 9 rings (SSSR count). The van der Waals surface area contributed by atoms with Crippen molar-refractivity contribution in [2.24, 2.45) is 0 Å². The van der Waals surface area contributed by atoms with E-state index in [0.29, 0.717) is 0 Å². The third kappa shape index (κ3) is 6.46. The van der Waals surface area contributed by atoms with E-state index in [4.69, 9.17) is 14.2 Å². The second-order valence-electron chi connectivity index (χ2n) is 15.7. The van der Waals surface area contributed by atoms with Gasteiger partial charge < -0.3 is 90.8 Å². The van der Waals surface area contributed by atoms with Crippen LogP contribution < -0.4 is 14.2 Å². The Balaban J connectivity index is 1.29. The Bertz CT molecular complexity index is 2800. The maximum absolute atomic E-state index is 12.5. The number of hydrogen-bond acceptors (Lipinski definition) is 18. The fourth-order valence-corrected chi connectivity index (χ4v) is 8.90. The lowest BCUT2D eigenvalue weighted by Gasteiger charge is -2.43. The van der Waals surface area contributed by atoms with Crippen LogP contribution in [0.5, 0.6) is 86.2 Å². The van der Waals surface area contributed by atoms with Gasteiger partial charge in [0.2, 0.25) is 0 Å². The van der Waals surface area contributed by atoms with E-state index in [-0.39, 0.29) is 73.9 Å². The molecule has 0 radical (unpaired) electrons. The maximum atomic E-state index is 12.5. The summed E-state index contributed by atoms with van der Waals surface area (Å²) in [5.41, 5.74) is -0.232. The lowest BCUT2D eigenvalue weighted by Crippen LogP contribution is -2.39. The van der Waals surface area contributed by atoms with Gasteiger partial charge in [-0.05, 0) is 54.1 Å². The van der Waals surface area contributed by atoms with Crippen molar-refractivity contribution in [2.45, 2.75) is 54.9 Å². The number of aromatic hydroxyl groups is 12. The summed E-state index contributed by atoms with van der Waals surface area (Å²) in [4.78, 5) is 0. The second kappa shape index (κ2) is 14.7. The van der Waals surface area contributed by atoms with Crippen LogP contribution in [0.1, 0.15) is 74.7 Å². The van der Waals surface area contributed by atoms with Crippen molar-refractivity contribution in [3.05, 3.63) is 123 Å². The van der Waals surface area contributed by atoms with E-state index in [0.717, 1.165) is 36.4 Å². The maximum Gasteiger partial charge on any atom is 0.200 e. The molecule has 8 atom stereocenters. The van der Waals surface area contributed by atoms with Gasteiger partial charge in [-0.1, -0.05) is 18.2 Å². The van der Waals surface area contributed by atoms with Gasteiger partial charge in [-0.25, -0.2) is 0 Å². The number of fused-ring (bicyclic) bond motifs is 3. The van der Waals surface area contributed by atoms with Crippen LogP contribution in [-0.4, -0.2) is 94.9 Å². The first kappa shape index (κ1) is 40.6. The number of aliphatic hydroxyl groups is 3. The number of hydrogen-bond donors (Lipinski definition) is 15. The predicted octanol–water partition coefficient (Wildman–Crippen LogP) is 4.44. The highest BCUT2D eigenvalue weighted by molar-refractivity contribution is 5.67. The molecule has 0 saturated heterocycles. The summed E-state index contributed by atoms with van der Waals surface area (Å²) >= 11 is 0. The van der Waals surface area contributed by atoms with Crippen molar-refractivity contribution in [3.8, 4) is 86.2 Å². The van der Waals surface area contributed by atoms with Crippen LogP contribution in [0.4, 0.5) is 0 Å². The monoisotopic (exact) mass is 866 g/mol. The van der Waals surface area contributed by atoms with Crippen LogP contribution in [0.2, 0.25) is 0 Å². The van der Waals surface area contributed by atoms with Crippen molar-refractivity contribution in [1.29, 1.82) is 0 Å². The first-order valence-electron chi connectivity index (χ1n) is 19.3. The van der Waals surface area contributed by atoms with Gasteiger partial charge in [0.15, 0.2) is 58.2 Å². The molecular weight excluding hydrogens is 828 g/mol. The molecule has 3 heterocycles. The molecule has 0 spiro atoms. The van der Waals surface area contributed by atoms with Crippen LogP contribution >= 0.6 is 0 Å². The molecule has 0 saturated carbocycles. The average Bonchev–Trinajstić information content (AvgIpc) is 3.23. The molecule has 0 amide bonds. The van der Waals surface area contributed by atoms with Gasteiger partial charge in [-0.2, -0.15) is 0 Å². The van der Waals surface area contributed by atoms with Crippen molar-refractivity contribution in [2.75, 3.05) is 0 Å². The Morgan fingerprint density at radius 3 is 1.51 bits per heavy atom. The first-order valence-corrected chi connectivity index (χ1v) is 19.3. The number of phenolic OH excluding ortho intramolecular Hbond substituents is 12. The zero-order chi connectivity index (χ0) is 44.9. The van der Waals surface area contributed by atoms with Crippen LogP contribution in [-0.2, 0) is 6.42 Å². The van der Waals surface area contributed by atoms with Crippen LogP contribution in [0.15, 0.2) is 78.9 Å². The molecule has 63 heavy (non-hydrogen) atoms. The summed E-state index contributed by atoms with van der Waals surface area (Å²) in [6, 6.07) is 15.1. The molecule has 0 bridgehead atoms. The zero-order valence-corrected chi connectivity index (χ0v) is 32.3. The van der Waals surface area contributed by atoms with Crippen molar-refractivity contribution < 1.29 is 90.8 Å². The molecular formula is C45H38O18. The van der Waals surface area contributed by atoms with Crippen molar-refractivity contribution in [3.63, 3.8) is 0 Å². The fourth-order valence-electron chi connectivity index (χ4n) is 8.90. The third-order valence-electron chi connectivity index (χ3n) is 11.8. The van der Waals surface area contributed by atoms with E-state index < -0.39 is 112 Å². The molecule has 6 aromatic carbocycles. The van der Waals surface area contributed by atoms with Gasteiger partial charge >= 0.3 is 0 Å². The Hall–Kier alpha value is -7.80. The molecule has 15 N–H and O–H groups in total. The molecule has 3 aliphatic rings. The standard InChI is InChI=1S/C45H38O18/c46-18-2-3-19-32(12-18)61-42(16-8-27(52)37(57)28(53)9-16)39(59)33(19)35-23(48)6-4-20-34(40(60)43(63-44(20)35)17-10-29(54)38(58)30(55)11-17)36-26(51)14-24(49)21-13-31(56)41(62-45(21)36)15-1-5-22(47)25(50)7-15/h1-12,14,31,33-34,39-43,46-60H,13H2/t31-,33-,34+,39-,40-,41-,42-,43-/m1/s1. The molecule has 3 aliphatic heterocycles. The van der Waals surface area contributed by atoms with Gasteiger partial charge in [0.1, 0.15) is 58.6 Å². The van der Waals surface area contributed by atoms with Gasteiger partial charge in [-0.3, -0.25) is 0 Å². The minimum Gasteiger partial charge on any atom is -0.508 e. The fraction of sp³-hybridized carbons (Fsp3) is 0.200. The van der Waals surface area contributed by atoms with E-state index >= 15 is 0 Å². The summed E-state index contributed by atoms with van der Waals surface area (Å²) in [7, 11) is 0. The van der Waals surface area contributed by atoms with Crippen molar-refractivity contribution in [1.82, 2.24) is 0 Å². The Labute approximate surface area is 354 Å². The molecule has 18 heteroatoms. The highest BCUT2D eigenvalue weighted by Crippen LogP contribution is 2.60. The molecule has 18 nitrogen and oxygen atoms in total. The lowest BCUT2D eigenvalue weighted by atomic mass is 9.74. The van der Waals surface area contributed by atoms with E-state index in [1.54, 1.807) is 0 Å². The van der Waals surface area contributed by atoms with Gasteiger partial charge in [-0.15, -0.1) is 0 Å². The summed E-state index contributed by atoms with van der Waals surface area (Å²) in [5.74, 6) is -11.3. The Morgan fingerprint density at radius 2 is 0.905 bits per heavy atom. The molecule has 0 unspecified atom stereocenters. The number of aliphatic hydroxyl groups excluding tert-OH is 3. The van der Waals surface area contributed by atoms with E-state index in [1.165, 1.54) is 42.5 Å². The third-order valence-corrected chi connectivity index (χ3v) is 11.8. The second-order valence-corrected chi connectivity index (χ2v) is 15.7. The normalized spacial score (nSPS) is 23.6. The number of rotatable bonds is 5. The SMILES string of the molecule is Oc1ccc2c(c1)O[C@H](c1cc(O)c(O)c(O)c1)[C@H](O)[C@H]2c1c(O)ccc2c1O[C@H](c1cc(O)c(O)c(O)c1)[C@H](O)[C@@H]2c1c(O)cc(O)c2c1O[C@H](c1ccc(O)c(O)c1)[C@H](O)C2. The Morgan fingerprint density at radius 1 is 0.397 bits per heavy atom. The van der Waals surface area contributed by atoms with E-state index in [2.05, 4.69) is 0 Å². The average molecular weight is 867 g/mol. The number of phenols is 12. The van der Waals surface area contributed by atoms with Crippen molar-refractivity contribution >= 4 is 0 Å². The minimum absolute atomic E-state index is 0.0119. The van der Waals surface area contributed by atoms with E-state index in [1.807, 2.05) is 0 Å². The molecule has 0 fully saturated rings. The topological polar surface area (TPSA) is 331 Å².